The van der Waals surface area contributed by atoms with Gasteiger partial charge in [0, 0.05) is 37.1 Å². The highest BCUT2D eigenvalue weighted by atomic mass is 16.5. The Labute approximate surface area is 170 Å². The van der Waals surface area contributed by atoms with E-state index in [1.54, 1.807) is 7.11 Å². The van der Waals surface area contributed by atoms with E-state index in [2.05, 4.69) is 46.4 Å². The first-order chi connectivity index (χ1) is 14.2. The lowest BCUT2D eigenvalue weighted by Gasteiger charge is -2.36. The van der Waals surface area contributed by atoms with Crippen LogP contribution in [0.2, 0.25) is 0 Å². The summed E-state index contributed by atoms with van der Waals surface area (Å²) in [7, 11) is 1.66. The zero-order valence-corrected chi connectivity index (χ0v) is 17.3. The van der Waals surface area contributed by atoms with Crippen molar-refractivity contribution in [3.05, 3.63) is 40.7 Å². The zero-order valence-electron chi connectivity index (χ0n) is 17.3. The van der Waals surface area contributed by atoms with Crippen molar-refractivity contribution in [1.29, 1.82) is 0 Å². The van der Waals surface area contributed by atoms with Gasteiger partial charge in [0.1, 0.15) is 5.82 Å². The van der Waals surface area contributed by atoms with E-state index in [4.69, 9.17) is 14.7 Å². The zero-order chi connectivity index (χ0) is 20.0. The Balaban J connectivity index is 1.59. The molecule has 0 amide bonds. The van der Waals surface area contributed by atoms with Crippen LogP contribution in [0.5, 0.6) is 6.01 Å². The molecule has 7 heteroatoms. The van der Waals surface area contributed by atoms with E-state index in [9.17, 15) is 0 Å². The molecule has 3 aromatic rings. The summed E-state index contributed by atoms with van der Waals surface area (Å²) < 4.78 is 5.48. The number of piperazine rings is 1. The number of fused-ring (bicyclic) bond motifs is 2. The van der Waals surface area contributed by atoms with E-state index < -0.39 is 0 Å². The third kappa shape index (κ3) is 3.13. The summed E-state index contributed by atoms with van der Waals surface area (Å²) in [6, 6.07) is 4.80. The van der Waals surface area contributed by atoms with E-state index in [1.165, 1.54) is 22.1 Å². The van der Waals surface area contributed by atoms with Crippen molar-refractivity contribution >= 4 is 16.7 Å². The van der Waals surface area contributed by atoms with Crippen LogP contribution in [0, 0.1) is 12.8 Å². The molecule has 2 atom stereocenters. The Morgan fingerprint density at radius 1 is 1.14 bits per heavy atom. The first kappa shape index (κ1) is 18.4. The lowest BCUT2D eigenvalue weighted by atomic mass is 9.73. The van der Waals surface area contributed by atoms with Gasteiger partial charge in [-0.3, -0.25) is 5.10 Å². The predicted molar refractivity (Wildman–Crippen MR) is 114 cm³/mol. The maximum atomic E-state index is 5.48. The van der Waals surface area contributed by atoms with Gasteiger partial charge in [-0.2, -0.15) is 15.1 Å². The van der Waals surface area contributed by atoms with Gasteiger partial charge in [0.05, 0.1) is 24.5 Å². The monoisotopic (exact) mass is 392 g/mol. The van der Waals surface area contributed by atoms with E-state index in [1.807, 2.05) is 6.20 Å². The maximum Gasteiger partial charge on any atom is 0.318 e. The molecule has 0 radical (unpaired) electrons. The molecule has 0 bridgehead atoms. The van der Waals surface area contributed by atoms with Crippen molar-refractivity contribution in [2.24, 2.45) is 5.92 Å². The van der Waals surface area contributed by atoms with Gasteiger partial charge in [-0.15, -0.1) is 0 Å². The number of aromatic nitrogens is 4. The van der Waals surface area contributed by atoms with Gasteiger partial charge in [0.15, 0.2) is 0 Å². The summed E-state index contributed by atoms with van der Waals surface area (Å²) in [5.41, 5.74) is 6.26. The predicted octanol–water partition coefficient (Wildman–Crippen LogP) is 2.60. The van der Waals surface area contributed by atoms with Crippen LogP contribution < -0.4 is 15.0 Å². The summed E-state index contributed by atoms with van der Waals surface area (Å²) in [6.45, 7) is 8.48. The number of anilines is 1. The fourth-order valence-corrected chi connectivity index (χ4v) is 5.00. The second-order valence-corrected chi connectivity index (χ2v) is 8.32. The van der Waals surface area contributed by atoms with E-state index in [0.29, 0.717) is 17.8 Å². The molecular weight excluding hydrogens is 364 g/mol. The SMILES string of the molecule is COc1nc2c(c(N3CCNCC3)n1)CC(C)C(c1c(C)ccc3[nH]ncc13)C2. The van der Waals surface area contributed by atoms with Crippen molar-refractivity contribution in [1.82, 2.24) is 25.5 Å². The van der Waals surface area contributed by atoms with Gasteiger partial charge >= 0.3 is 6.01 Å². The largest absolute Gasteiger partial charge is 0.467 e. The molecule has 3 heterocycles. The van der Waals surface area contributed by atoms with Crippen LogP contribution in [0.15, 0.2) is 18.3 Å². The van der Waals surface area contributed by atoms with Crippen LogP contribution in [0.1, 0.15) is 35.2 Å². The number of hydrogen-bond donors (Lipinski definition) is 2. The number of aromatic amines is 1. The molecule has 2 aliphatic rings. The van der Waals surface area contributed by atoms with Crippen LogP contribution in [-0.4, -0.2) is 53.5 Å². The Bertz CT molecular complexity index is 1040. The van der Waals surface area contributed by atoms with Crippen molar-refractivity contribution in [3.63, 3.8) is 0 Å². The second kappa shape index (κ2) is 7.30. The highest BCUT2D eigenvalue weighted by Crippen LogP contribution is 2.42. The lowest BCUT2D eigenvalue weighted by Crippen LogP contribution is -2.44. The Hall–Kier alpha value is -2.67. The van der Waals surface area contributed by atoms with Gasteiger partial charge in [0.25, 0.3) is 0 Å². The molecule has 5 rings (SSSR count). The van der Waals surface area contributed by atoms with Crippen LogP contribution in [0.3, 0.4) is 0 Å². The van der Waals surface area contributed by atoms with Crippen LogP contribution in [0.25, 0.3) is 10.9 Å². The minimum atomic E-state index is 0.402. The van der Waals surface area contributed by atoms with Crippen LogP contribution in [-0.2, 0) is 12.8 Å². The fraction of sp³-hybridized carbons (Fsp3) is 0.500. The molecule has 2 N–H and O–H groups in total. The average molecular weight is 393 g/mol. The average Bonchev–Trinajstić information content (AvgIpc) is 3.22. The maximum absolute atomic E-state index is 5.48. The molecule has 0 saturated carbocycles. The van der Waals surface area contributed by atoms with Crippen molar-refractivity contribution in [2.75, 3.05) is 38.2 Å². The van der Waals surface area contributed by atoms with Gasteiger partial charge in [-0.05, 0) is 48.8 Å². The quantitative estimate of drug-likeness (QED) is 0.713. The van der Waals surface area contributed by atoms with Gasteiger partial charge in [-0.25, -0.2) is 0 Å². The summed E-state index contributed by atoms with van der Waals surface area (Å²) in [4.78, 5) is 11.9. The summed E-state index contributed by atoms with van der Waals surface area (Å²) in [5, 5.41) is 12.1. The molecule has 2 unspecified atom stereocenters. The topological polar surface area (TPSA) is 79.0 Å². The standard InChI is InChI=1S/C22H28N6O/c1-13-4-5-18-17(12-24-27-18)20(13)15-11-19-16(10-14(15)2)21(26-22(25-19)29-3)28-8-6-23-7-9-28/h4-5,12,14-15,23H,6-11H2,1-3H3,(H,24,27). The van der Waals surface area contributed by atoms with Crippen molar-refractivity contribution < 1.29 is 4.74 Å². The molecule has 152 valence electrons. The summed E-state index contributed by atoms with van der Waals surface area (Å²) in [5.74, 6) is 1.97. The number of aryl methyl sites for hydroxylation is 1. The Morgan fingerprint density at radius 3 is 2.76 bits per heavy atom. The molecule has 1 aliphatic carbocycles. The Kier molecular flexibility index (Phi) is 4.62. The molecular formula is C22H28N6O. The number of rotatable bonds is 3. The van der Waals surface area contributed by atoms with Gasteiger partial charge in [0.2, 0.25) is 0 Å². The molecule has 0 spiro atoms. The van der Waals surface area contributed by atoms with E-state index >= 15 is 0 Å². The van der Waals surface area contributed by atoms with E-state index in [-0.39, 0.29) is 0 Å². The smallest absolute Gasteiger partial charge is 0.318 e. The summed E-state index contributed by atoms with van der Waals surface area (Å²) in [6.07, 6.45) is 3.85. The molecule has 29 heavy (non-hydrogen) atoms. The third-order valence-electron chi connectivity index (χ3n) is 6.53. The first-order valence-corrected chi connectivity index (χ1v) is 10.5. The normalized spacial score (nSPS) is 22.0. The molecule has 1 aliphatic heterocycles. The van der Waals surface area contributed by atoms with Crippen molar-refractivity contribution in [3.8, 4) is 6.01 Å². The highest BCUT2D eigenvalue weighted by Gasteiger charge is 2.33. The number of H-pyrrole nitrogens is 1. The number of hydrogen-bond acceptors (Lipinski definition) is 6. The van der Waals surface area contributed by atoms with Gasteiger partial charge in [-0.1, -0.05) is 13.0 Å². The number of nitrogens with one attached hydrogen (secondary N) is 2. The number of ether oxygens (including phenoxy) is 1. The minimum Gasteiger partial charge on any atom is -0.467 e. The molecule has 7 nitrogen and oxygen atoms in total. The molecule has 1 fully saturated rings. The lowest BCUT2D eigenvalue weighted by molar-refractivity contribution is 0.366. The highest BCUT2D eigenvalue weighted by molar-refractivity contribution is 5.83. The molecule has 1 aromatic carbocycles. The Morgan fingerprint density at radius 2 is 1.97 bits per heavy atom. The number of benzene rings is 1. The molecule has 1 saturated heterocycles. The first-order valence-electron chi connectivity index (χ1n) is 10.5. The van der Waals surface area contributed by atoms with Crippen molar-refractivity contribution in [2.45, 2.75) is 32.6 Å². The fourth-order valence-electron chi connectivity index (χ4n) is 5.00. The second-order valence-electron chi connectivity index (χ2n) is 8.32. The molecule has 2 aromatic heterocycles. The number of nitrogens with zero attached hydrogens (tertiary/aromatic N) is 4. The van der Waals surface area contributed by atoms with Crippen LogP contribution in [0.4, 0.5) is 5.82 Å². The third-order valence-corrected chi connectivity index (χ3v) is 6.53. The number of methoxy groups -OCH3 is 1. The van der Waals surface area contributed by atoms with Gasteiger partial charge < -0.3 is 15.0 Å². The van der Waals surface area contributed by atoms with E-state index in [0.717, 1.165) is 56.0 Å². The van der Waals surface area contributed by atoms with Crippen LogP contribution >= 0.6 is 0 Å². The summed E-state index contributed by atoms with van der Waals surface area (Å²) >= 11 is 0. The minimum absolute atomic E-state index is 0.402.